The maximum Gasteiger partial charge on any atom is 0.0758 e. The molecule has 1 aliphatic rings. The highest BCUT2D eigenvalue weighted by atomic mass is 16.3. The van der Waals surface area contributed by atoms with E-state index in [4.69, 9.17) is 0 Å². The normalized spacial score (nSPS) is 18.0. The van der Waals surface area contributed by atoms with Crippen LogP contribution in [0.25, 0.3) is 0 Å². The Morgan fingerprint density at radius 2 is 1.67 bits per heavy atom. The summed E-state index contributed by atoms with van der Waals surface area (Å²) in [5.74, 6) is 0. The van der Waals surface area contributed by atoms with Gasteiger partial charge in [-0.15, -0.1) is 0 Å². The molecule has 0 radical (unpaired) electrons. The molecule has 0 aromatic heterocycles. The van der Waals surface area contributed by atoms with Crippen LogP contribution < -0.4 is 0 Å². The third-order valence-electron chi connectivity index (χ3n) is 4.73. The molecular weight excluding hydrogens is 334 g/mol. The average Bonchev–Trinajstić information content (AvgIpc) is 2.69. The van der Waals surface area contributed by atoms with Gasteiger partial charge in [-0.2, -0.15) is 0 Å². The Balaban J connectivity index is 1.64. The van der Waals surface area contributed by atoms with Gasteiger partial charge in [-0.3, -0.25) is 4.90 Å². The summed E-state index contributed by atoms with van der Waals surface area (Å²) in [6.45, 7) is 5.02. The number of rotatable bonds is 10. The van der Waals surface area contributed by atoms with Crippen molar-refractivity contribution in [3.63, 3.8) is 0 Å². The monoisotopic (exact) mass is 367 g/mol. The topological polar surface area (TPSA) is 43.7 Å². The van der Waals surface area contributed by atoms with E-state index < -0.39 is 12.2 Å². The Morgan fingerprint density at radius 1 is 0.963 bits per heavy atom. The maximum atomic E-state index is 10.1. The number of hydrogen-bond acceptors (Lipinski definition) is 3. The number of aliphatic hydroxyl groups excluding tert-OH is 2. The molecule has 0 saturated carbocycles. The Kier molecular flexibility index (Phi) is 9.85. The standard InChI is InChI=1S/C24H33NO2/c1-2-3-6-13-23(26)14-7-4-5-8-15-24(27)17-19-25-18-16-21-11-9-10-12-22(21)20-25/h3-12,14-15,23-24,26-27H,2,13,16-20H2,1H3. The van der Waals surface area contributed by atoms with Gasteiger partial charge in [0, 0.05) is 19.6 Å². The Labute approximate surface area is 164 Å². The van der Waals surface area contributed by atoms with Crippen molar-refractivity contribution in [1.82, 2.24) is 4.90 Å². The van der Waals surface area contributed by atoms with E-state index in [1.165, 1.54) is 11.1 Å². The second kappa shape index (κ2) is 12.4. The molecule has 3 heteroatoms. The second-order valence-corrected chi connectivity index (χ2v) is 6.99. The van der Waals surface area contributed by atoms with Gasteiger partial charge < -0.3 is 10.2 Å². The van der Waals surface area contributed by atoms with E-state index >= 15 is 0 Å². The van der Waals surface area contributed by atoms with Crippen LogP contribution in [-0.4, -0.2) is 40.4 Å². The lowest BCUT2D eigenvalue weighted by molar-refractivity contribution is 0.170. The molecule has 0 bridgehead atoms. The van der Waals surface area contributed by atoms with Crippen molar-refractivity contribution in [3.05, 3.63) is 84.0 Å². The summed E-state index contributed by atoms with van der Waals surface area (Å²) < 4.78 is 0. The molecule has 27 heavy (non-hydrogen) atoms. The molecule has 2 unspecified atom stereocenters. The third kappa shape index (κ3) is 8.53. The van der Waals surface area contributed by atoms with Gasteiger partial charge >= 0.3 is 0 Å². The SMILES string of the molecule is CCC=CCC(O)C=CC=CC=CC(O)CCN1CCc2ccccc2C1. The molecule has 0 saturated heterocycles. The Bertz CT molecular complexity index is 660. The molecule has 2 N–H and O–H groups in total. The first-order chi connectivity index (χ1) is 13.2. The molecule has 146 valence electrons. The maximum absolute atomic E-state index is 10.1. The summed E-state index contributed by atoms with van der Waals surface area (Å²) in [6.07, 6.45) is 17.7. The first-order valence-corrected chi connectivity index (χ1v) is 10.0. The highest BCUT2D eigenvalue weighted by Crippen LogP contribution is 2.18. The highest BCUT2D eigenvalue weighted by Gasteiger charge is 2.15. The van der Waals surface area contributed by atoms with Gasteiger partial charge in [0.15, 0.2) is 0 Å². The van der Waals surface area contributed by atoms with E-state index in [1.807, 2.05) is 36.5 Å². The first-order valence-electron chi connectivity index (χ1n) is 10.0. The van der Waals surface area contributed by atoms with E-state index in [2.05, 4.69) is 42.2 Å². The number of aliphatic hydroxyl groups is 2. The van der Waals surface area contributed by atoms with Gasteiger partial charge in [-0.25, -0.2) is 0 Å². The van der Waals surface area contributed by atoms with Gasteiger partial charge in [-0.05, 0) is 36.8 Å². The minimum Gasteiger partial charge on any atom is -0.389 e. The van der Waals surface area contributed by atoms with E-state index in [-0.39, 0.29) is 0 Å². The molecule has 0 fully saturated rings. The van der Waals surface area contributed by atoms with E-state index in [9.17, 15) is 10.2 Å². The van der Waals surface area contributed by atoms with Crippen LogP contribution in [0.1, 0.15) is 37.3 Å². The lowest BCUT2D eigenvalue weighted by atomic mass is 10.00. The van der Waals surface area contributed by atoms with Crippen molar-refractivity contribution in [2.75, 3.05) is 13.1 Å². The van der Waals surface area contributed by atoms with Crippen LogP contribution in [0.15, 0.2) is 72.9 Å². The molecule has 1 aliphatic heterocycles. The highest BCUT2D eigenvalue weighted by molar-refractivity contribution is 5.29. The van der Waals surface area contributed by atoms with Crippen LogP contribution in [0, 0.1) is 0 Å². The molecule has 1 aromatic rings. The third-order valence-corrected chi connectivity index (χ3v) is 4.73. The summed E-state index contributed by atoms with van der Waals surface area (Å²) >= 11 is 0. The van der Waals surface area contributed by atoms with E-state index in [0.717, 1.165) is 38.9 Å². The van der Waals surface area contributed by atoms with Crippen molar-refractivity contribution >= 4 is 0 Å². The summed E-state index contributed by atoms with van der Waals surface area (Å²) in [6, 6.07) is 8.62. The van der Waals surface area contributed by atoms with Crippen LogP contribution in [0.4, 0.5) is 0 Å². The minimum atomic E-state index is -0.443. The van der Waals surface area contributed by atoms with E-state index in [1.54, 1.807) is 6.08 Å². The van der Waals surface area contributed by atoms with Crippen molar-refractivity contribution in [2.45, 2.75) is 51.4 Å². The fourth-order valence-corrected chi connectivity index (χ4v) is 3.15. The number of benzene rings is 1. The smallest absolute Gasteiger partial charge is 0.0758 e. The molecule has 0 spiro atoms. The fraction of sp³-hybridized carbons (Fsp3) is 0.417. The predicted molar refractivity (Wildman–Crippen MR) is 114 cm³/mol. The molecule has 1 aromatic carbocycles. The zero-order valence-electron chi connectivity index (χ0n) is 16.4. The van der Waals surface area contributed by atoms with Crippen LogP contribution >= 0.6 is 0 Å². The molecule has 2 rings (SSSR count). The van der Waals surface area contributed by atoms with Crippen LogP contribution in [-0.2, 0) is 13.0 Å². The molecule has 2 atom stereocenters. The lowest BCUT2D eigenvalue weighted by Crippen LogP contribution is -2.32. The molecular formula is C24H33NO2. The van der Waals surface area contributed by atoms with Crippen molar-refractivity contribution in [2.24, 2.45) is 0 Å². The lowest BCUT2D eigenvalue weighted by Gasteiger charge is -2.29. The molecule has 3 nitrogen and oxygen atoms in total. The second-order valence-electron chi connectivity index (χ2n) is 6.99. The molecule has 0 aliphatic carbocycles. The van der Waals surface area contributed by atoms with E-state index in [0.29, 0.717) is 6.42 Å². The minimum absolute atomic E-state index is 0.430. The van der Waals surface area contributed by atoms with Crippen molar-refractivity contribution in [1.29, 1.82) is 0 Å². The zero-order chi connectivity index (χ0) is 19.3. The Morgan fingerprint density at radius 3 is 2.41 bits per heavy atom. The molecule has 1 heterocycles. The first kappa shape index (κ1) is 21.4. The zero-order valence-corrected chi connectivity index (χ0v) is 16.4. The van der Waals surface area contributed by atoms with Gasteiger partial charge in [0.2, 0.25) is 0 Å². The summed E-state index contributed by atoms with van der Waals surface area (Å²) in [7, 11) is 0. The quantitative estimate of drug-likeness (QED) is 0.482. The number of fused-ring (bicyclic) bond motifs is 1. The van der Waals surface area contributed by atoms with Crippen molar-refractivity contribution < 1.29 is 10.2 Å². The predicted octanol–water partition coefficient (Wildman–Crippen LogP) is 4.18. The van der Waals surface area contributed by atoms with Gasteiger partial charge in [-0.1, -0.05) is 79.8 Å². The van der Waals surface area contributed by atoms with Crippen LogP contribution in [0.3, 0.4) is 0 Å². The van der Waals surface area contributed by atoms with Gasteiger partial charge in [0.05, 0.1) is 12.2 Å². The Hall–Kier alpha value is -1.94. The number of hydrogen-bond donors (Lipinski definition) is 2. The van der Waals surface area contributed by atoms with Gasteiger partial charge in [0.1, 0.15) is 0 Å². The average molecular weight is 368 g/mol. The summed E-state index contributed by atoms with van der Waals surface area (Å²) in [4.78, 5) is 2.41. The van der Waals surface area contributed by atoms with Crippen LogP contribution in [0.5, 0.6) is 0 Å². The van der Waals surface area contributed by atoms with Gasteiger partial charge in [0.25, 0.3) is 0 Å². The summed E-state index contributed by atoms with van der Waals surface area (Å²) in [5.41, 5.74) is 2.87. The van der Waals surface area contributed by atoms with Crippen molar-refractivity contribution in [3.8, 4) is 0 Å². The fourth-order valence-electron chi connectivity index (χ4n) is 3.15. The number of allylic oxidation sites excluding steroid dienone is 5. The van der Waals surface area contributed by atoms with Crippen LogP contribution in [0.2, 0.25) is 0 Å². The largest absolute Gasteiger partial charge is 0.389 e. The summed E-state index contributed by atoms with van der Waals surface area (Å²) in [5, 5.41) is 19.9. The number of nitrogens with zero attached hydrogens (tertiary/aromatic N) is 1. The molecule has 0 amide bonds.